The number of hydrogen-bond donors (Lipinski definition) is 1. The molecule has 0 aliphatic heterocycles. The molecule has 3 atom stereocenters. The molecule has 0 aromatic carbocycles. The Hall–Kier alpha value is -0.900. The van der Waals surface area contributed by atoms with Crippen molar-refractivity contribution in [1.29, 1.82) is 0 Å². The van der Waals surface area contributed by atoms with E-state index in [1.807, 2.05) is 10.9 Å². The van der Waals surface area contributed by atoms with Crippen LogP contribution in [0.2, 0.25) is 0 Å². The van der Waals surface area contributed by atoms with Gasteiger partial charge in [0.2, 0.25) is 0 Å². The Morgan fingerprint density at radius 3 is 2.94 bits per heavy atom. The molecule has 4 nitrogen and oxygen atoms in total. The molecule has 0 amide bonds. The number of aromatic nitrogens is 3. The lowest BCUT2D eigenvalue weighted by Gasteiger charge is -2.33. The molecule has 0 spiro atoms. The quantitative estimate of drug-likeness (QED) is 0.843. The highest BCUT2D eigenvalue weighted by Gasteiger charge is 2.24. The van der Waals surface area contributed by atoms with Crippen LogP contribution >= 0.6 is 0 Å². The summed E-state index contributed by atoms with van der Waals surface area (Å²) in [6.45, 7) is 6.64. The van der Waals surface area contributed by atoms with Crippen molar-refractivity contribution in [3.8, 4) is 0 Å². The molecule has 1 N–H and O–H groups in total. The summed E-state index contributed by atoms with van der Waals surface area (Å²) in [5.74, 6) is 1.71. The average Bonchev–Trinajstić information content (AvgIpc) is 2.74. The lowest BCUT2D eigenvalue weighted by Crippen LogP contribution is -2.40. The average molecular weight is 222 g/mol. The Morgan fingerprint density at radius 1 is 1.38 bits per heavy atom. The molecule has 3 unspecified atom stereocenters. The molecular weight excluding hydrogens is 200 g/mol. The summed E-state index contributed by atoms with van der Waals surface area (Å²) in [6, 6.07) is 0.694. The number of nitrogens with zero attached hydrogens (tertiary/aromatic N) is 3. The molecule has 0 bridgehead atoms. The first-order chi connectivity index (χ1) is 7.75. The Balaban J connectivity index is 1.69. The number of hydrogen-bond acceptors (Lipinski definition) is 3. The van der Waals surface area contributed by atoms with Crippen molar-refractivity contribution in [2.24, 2.45) is 11.8 Å². The molecule has 16 heavy (non-hydrogen) atoms. The van der Waals surface area contributed by atoms with Gasteiger partial charge in [0.25, 0.3) is 0 Å². The van der Waals surface area contributed by atoms with E-state index in [1.54, 1.807) is 6.20 Å². The molecular formula is C12H22N4. The van der Waals surface area contributed by atoms with Crippen LogP contribution in [0, 0.1) is 11.8 Å². The van der Waals surface area contributed by atoms with Crippen LogP contribution < -0.4 is 5.32 Å². The Labute approximate surface area is 97.4 Å². The second-order valence-corrected chi connectivity index (χ2v) is 5.12. The molecule has 1 aliphatic rings. The Morgan fingerprint density at radius 2 is 2.25 bits per heavy atom. The van der Waals surface area contributed by atoms with Crippen LogP contribution in [0.3, 0.4) is 0 Å². The van der Waals surface area contributed by atoms with E-state index in [0.29, 0.717) is 6.04 Å². The normalized spacial score (nSPS) is 30.5. The summed E-state index contributed by atoms with van der Waals surface area (Å²) in [4.78, 5) is 0. The van der Waals surface area contributed by atoms with Gasteiger partial charge in [-0.05, 0) is 31.1 Å². The standard InChI is InChI=1S/C12H22N4/c1-10-3-4-12(11(2)9-10)13-5-7-16-8-6-14-15-16/h6,8,10-13H,3-5,7,9H2,1-2H3. The van der Waals surface area contributed by atoms with Gasteiger partial charge < -0.3 is 5.32 Å². The molecule has 0 saturated heterocycles. The maximum atomic E-state index is 3.96. The van der Waals surface area contributed by atoms with Crippen LogP contribution in [0.1, 0.15) is 33.1 Å². The second-order valence-electron chi connectivity index (χ2n) is 5.12. The maximum Gasteiger partial charge on any atom is 0.0692 e. The third-order valence-corrected chi connectivity index (χ3v) is 3.65. The molecule has 1 aromatic rings. The fourth-order valence-electron chi connectivity index (χ4n) is 2.69. The van der Waals surface area contributed by atoms with Gasteiger partial charge in [-0.25, -0.2) is 0 Å². The molecule has 90 valence electrons. The molecule has 4 heteroatoms. The molecule has 0 radical (unpaired) electrons. The highest BCUT2D eigenvalue weighted by molar-refractivity contribution is 4.80. The largest absolute Gasteiger partial charge is 0.312 e. The zero-order chi connectivity index (χ0) is 11.4. The third kappa shape index (κ3) is 3.04. The zero-order valence-electron chi connectivity index (χ0n) is 10.3. The predicted molar refractivity (Wildman–Crippen MR) is 64.0 cm³/mol. The molecule has 1 fully saturated rings. The van der Waals surface area contributed by atoms with Gasteiger partial charge in [-0.2, -0.15) is 0 Å². The van der Waals surface area contributed by atoms with Crippen molar-refractivity contribution in [3.63, 3.8) is 0 Å². The van der Waals surface area contributed by atoms with Crippen LogP contribution in [0.4, 0.5) is 0 Å². The van der Waals surface area contributed by atoms with Gasteiger partial charge in [-0.1, -0.05) is 19.1 Å². The summed E-state index contributed by atoms with van der Waals surface area (Å²) < 4.78 is 1.88. The minimum absolute atomic E-state index is 0.694. The minimum atomic E-state index is 0.694. The van der Waals surface area contributed by atoms with Crippen molar-refractivity contribution >= 4 is 0 Å². The predicted octanol–water partition coefficient (Wildman–Crippen LogP) is 1.69. The van der Waals surface area contributed by atoms with E-state index >= 15 is 0 Å². The summed E-state index contributed by atoms with van der Waals surface area (Å²) in [5, 5.41) is 11.4. The van der Waals surface area contributed by atoms with E-state index in [4.69, 9.17) is 0 Å². The molecule has 1 aromatic heterocycles. The van der Waals surface area contributed by atoms with Gasteiger partial charge in [0.15, 0.2) is 0 Å². The fourth-order valence-corrected chi connectivity index (χ4v) is 2.69. The van der Waals surface area contributed by atoms with Crippen LogP contribution in [-0.2, 0) is 6.54 Å². The number of rotatable bonds is 4. The molecule has 1 saturated carbocycles. The first kappa shape index (κ1) is 11.6. The zero-order valence-corrected chi connectivity index (χ0v) is 10.3. The van der Waals surface area contributed by atoms with E-state index in [9.17, 15) is 0 Å². The van der Waals surface area contributed by atoms with Crippen LogP contribution in [0.5, 0.6) is 0 Å². The van der Waals surface area contributed by atoms with E-state index < -0.39 is 0 Å². The summed E-state index contributed by atoms with van der Waals surface area (Å²) >= 11 is 0. The maximum absolute atomic E-state index is 3.96. The van der Waals surface area contributed by atoms with Crippen molar-refractivity contribution < 1.29 is 0 Å². The van der Waals surface area contributed by atoms with Gasteiger partial charge in [-0.3, -0.25) is 4.68 Å². The van der Waals surface area contributed by atoms with Gasteiger partial charge in [0, 0.05) is 18.8 Å². The topological polar surface area (TPSA) is 42.7 Å². The van der Waals surface area contributed by atoms with E-state index in [2.05, 4.69) is 29.5 Å². The van der Waals surface area contributed by atoms with Gasteiger partial charge in [-0.15, -0.1) is 5.10 Å². The highest BCUT2D eigenvalue weighted by atomic mass is 15.4. The minimum Gasteiger partial charge on any atom is -0.312 e. The number of nitrogens with one attached hydrogen (secondary N) is 1. The smallest absolute Gasteiger partial charge is 0.0692 e. The third-order valence-electron chi connectivity index (χ3n) is 3.65. The summed E-state index contributed by atoms with van der Waals surface area (Å²) in [6.07, 6.45) is 7.69. The van der Waals surface area contributed by atoms with Gasteiger partial charge in [0.05, 0.1) is 12.7 Å². The first-order valence-corrected chi connectivity index (χ1v) is 6.33. The summed E-state index contributed by atoms with van der Waals surface area (Å²) in [5.41, 5.74) is 0. The molecule has 1 aliphatic carbocycles. The van der Waals surface area contributed by atoms with E-state index in [1.165, 1.54) is 19.3 Å². The second kappa shape index (κ2) is 5.43. The lowest BCUT2D eigenvalue weighted by molar-refractivity contribution is 0.226. The Bertz CT molecular complexity index is 296. The van der Waals surface area contributed by atoms with Gasteiger partial charge >= 0.3 is 0 Å². The van der Waals surface area contributed by atoms with Crippen molar-refractivity contribution in [3.05, 3.63) is 12.4 Å². The Kier molecular flexibility index (Phi) is 3.93. The van der Waals surface area contributed by atoms with Crippen molar-refractivity contribution in [2.75, 3.05) is 6.54 Å². The first-order valence-electron chi connectivity index (χ1n) is 6.33. The SMILES string of the molecule is CC1CCC(NCCn2ccnn2)C(C)C1. The van der Waals surface area contributed by atoms with E-state index in [-0.39, 0.29) is 0 Å². The summed E-state index contributed by atoms with van der Waals surface area (Å²) in [7, 11) is 0. The van der Waals surface area contributed by atoms with Crippen LogP contribution in [0.25, 0.3) is 0 Å². The fraction of sp³-hybridized carbons (Fsp3) is 0.833. The van der Waals surface area contributed by atoms with Crippen molar-refractivity contribution in [1.82, 2.24) is 20.3 Å². The van der Waals surface area contributed by atoms with Crippen molar-refractivity contribution in [2.45, 2.75) is 45.7 Å². The molecule has 2 rings (SSSR count). The van der Waals surface area contributed by atoms with E-state index in [0.717, 1.165) is 24.9 Å². The lowest BCUT2D eigenvalue weighted by atomic mass is 9.80. The van der Waals surface area contributed by atoms with Gasteiger partial charge in [0.1, 0.15) is 0 Å². The monoisotopic (exact) mass is 222 g/mol. The van der Waals surface area contributed by atoms with Crippen LogP contribution in [-0.4, -0.2) is 27.6 Å². The van der Waals surface area contributed by atoms with Crippen LogP contribution in [0.15, 0.2) is 12.4 Å². The highest BCUT2D eigenvalue weighted by Crippen LogP contribution is 2.28. The molecule has 1 heterocycles.